The Balaban J connectivity index is 1.52. The zero-order valence-electron chi connectivity index (χ0n) is 16.1. The lowest BCUT2D eigenvalue weighted by Gasteiger charge is -2.19. The Bertz CT molecular complexity index is 770. The van der Waals surface area contributed by atoms with Crippen LogP contribution in [0, 0.1) is 0 Å². The predicted octanol–water partition coefficient (Wildman–Crippen LogP) is 1.71. The van der Waals surface area contributed by atoms with Gasteiger partial charge < -0.3 is 15.5 Å². The summed E-state index contributed by atoms with van der Waals surface area (Å²) in [6.07, 6.45) is 6.34. The molecule has 0 spiro atoms. The van der Waals surface area contributed by atoms with Crippen LogP contribution in [0.4, 0.5) is 5.69 Å². The molecule has 7 nitrogen and oxygen atoms in total. The van der Waals surface area contributed by atoms with Gasteiger partial charge in [0.2, 0.25) is 5.91 Å². The highest BCUT2D eigenvalue weighted by molar-refractivity contribution is 5.97. The predicted molar refractivity (Wildman–Crippen MR) is 108 cm³/mol. The molecular weight excluding hydrogens is 340 g/mol. The average molecular weight is 368 g/mol. The number of hydrogen-bond donors (Lipinski definition) is 2. The van der Waals surface area contributed by atoms with Gasteiger partial charge in [-0.2, -0.15) is 5.10 Å². The third kappa shape index (κ3) is 5.32. The lowest BCUT2D eigenvalue weighted by molar-refractivity contribution is -0.117. The molecule has 1 aromatic heterocycles. The van der Waals surface area contributed by atoms with Gasteiger partial charge in [-0.3, -0.25) is 14.5 Å². The largest absolute Gasteiger partial charge is 0.357 e. The van der Waals surface area contributed by atoms with Crippen molar-refractivity contribution in [1.82, 2.24) is 20.4 Å². The van der Waals surface area contributed by atoms with Crippen molar-refractivity contribution < 1.29 is 4.79 Å². The summed E-state index contributed by atoms with van der Waals surface area (Å²) in [5, 5.41) is 10.9. The van der Waals surface area contributed by atoms with E-state index in [4.69, 9.17) is 0 Å². The van der Waals surface area contributed by atoms with Gasteiger partial charge in [-0.25, -0.2) is 0 Å². The number of nitrogens with zero attached hydrogens (tertiary/aromatic N) is 4. The van der Waals surface area contributed by atoms with E-state index in [1.54, 1.807) is 0 Å². The average Bonchev–Trinajstić information content (AvgIpc) is 3.25. The molecule has 1 amide bonds. The molecule has 27 heavy (non-hydrogen) atoms. The summed E-state index contributed by atoms with van der Waals surface area (Å²) < 4.78 is 1.82. The highest BCUT2D eigenvalue weighted by atomic mass is 16.2. The van der Waals surface area contributed by atoms with Crippen molar-refractivity contribution >= 4 is 17.6 Å². The van der Waals surface area contributed by atoms with E-state index >= 15 is 0 Å². The molecule has 1 saturated heterocycles. The van der Waals surface area contributed by atoms with Gasteiger partial charge in [0.1, 0.15) is 0 Å². The fourth-order valence-corrected chi connectivity index (χ4v) is 3.25. The van der Waals surface area contributed by atoms with Crippen molar-refractivity contribution in [3.63, 3.8) is 0 Å². The number of aromatic nitrogens is 2. The zero-order chi connectivity index (χ0) is 19.1. The fraction of sp³-hybridized carbons (Fsp3) is 0.450. The van der Waals surface area contributed by atoms with Gasteiger partial charge in [0.05, 0.1) is 12.2 Å². The van der Waals surface area contributed by atoms with Crippen LogP contribution in [0.1, 0.15) is 25.3 Å². The van der Waals surface area contributed by atoms with Crippen molar-refractivity contribution in [1.29, 1.82) is 0 Å². The van der Waals surface area contributed by atoms with Crippen molar-refractivity contribution in [3.05, 3.63) is 48.3 Å². The van der Waals surface area contributed by atoms with Crippen LogP contribution in [0.2, 0.25) is 0 Å². The molecule has 0 aliphatic carbocycles. The third-order valence-electron chi connectivity index (χ3n) is 4.53. The zero-order valence-corrected chi connectivity index (χ0v) is 16.1. The van der Waals surface area contributed by atoms with Gasteiger partial charge in [0, 0.05) is 45.0 Å². The number of hydrogen-bond acceptors (Lipinski definition) is 3. The van der Waals surface area contributed by atoms with Crippen molar-refractivity contribution in [3.8, 4) is 0 Å². The first-order chi connectivity index (χ1) is 13.2. The first-order valence-corrected chi connectivity index (χ1v) is 9.53. The number of nitrogens with one attached hydrogen (secondary N) is 2. The van der Waals surface area contributed by atoms with Crippen molar-refractivity contribution in [2.75, 3.05) is 24.5 Å². The second-order valence-corrected chi connectivity index (χ2v) is 6.77. The number of anilines is 1. The summed E-state index contributed by atoms with van der Waals surface area (Å²) in [6, 6.07) is 9.87. The molecule has 2 aromatic rings. The topological polar surface area (TPSA) is 74.5 Å². The van der Waals surface area contributed by atoms with Crippen LogP contribution < -0.4 is 15.5 Å². The number of para-hydroxylation sites is 1. The highest BCUT2D eigenvalue weighted by Gasteiger charge is 2.30. The number of aliphatic imine (C=N–C) groups is 1. The highest BCUT2D eigenvalue weighted by Crippen LogP contribution is 2.20. The number of carbonyl (C=O) groups excluding carboxylic acids is 1. The summed E-state index contributed by atoms with van der Waals surface area (Å²) >= 11 is 0. The Morgan fingerprint density at radius 2 is 2.15 bits per heavy atom. The molecule has 7 heteroatoms. The molecular formula is C20H28N6O. The number of benzene rings is 1. The minimum atomic E-state index is 0.0637. The maximum atomic E-state index is 12.4. The molecule has 2 heterocycles. The SMILES string of the molecule is CCNC(=NCCCc1cnn(C)c1)NC1CC(=O)N(c2ccccc2)C1. The van der Waals surface area contributed by atoms with E-state index in [0.29, 0.717) is 13.0 Å². The number of rotatable bonds is 7. The van der Waals surface area contributed by atoms with Gasteiger partial charge in [-0.05, 0) is 37.5 Å². The van der Waals surface area contributed by atoms with Crippen LogP contribution in [0.15, 0.2) is 47.7 Å². The second kappa shape index (κ2) is 9.21. The molecule has 144 valence electrons. The Hall–Kier alpha value is -2.83. The monoisotopic (exact) mass is 368 g/mol. The number of aryl methyl sites for hydroxylation is 2. The molecule has 0 radical (unpaired) electrons. The van der Waals surface area contributed by atoms with Crippen molar-refractivity contribution in [2.24, 2.45) is 12.0 Å². The van der Waals surface area contributed by atoms with Gasteiger partial charge in [0.25, 0.3) is 0 Å². The molecule has 1 fully saturated rings. The van der Waals surface area contributed by atoms with Crippen LogP contribution >= 0.6 is 0 Å². The maximum Gasteiger partial charge on any atom is 0.229 e. The van der Waals surface area contributed by atoms with E-state index in [1.165, 1.54) is 5.56 Å². The van der Waals surface area contributed by atoms with E-state index in [1.807, 2.05) is 66.3 Å². The summed E-state index contributed by atoms with van der Waals surface area (Å²) in [4.78, 5) is 18.9. The molecule has 0 saturated carbocycles. The molecule has 1 unspecified atom stereocenters. The number of guanidine groups is 1. The van der Waals surface area contributed by atoms with Gasteiger partial charge >= 0.3 is 0 Å². The van der Waals surface area contributed by atoms with E-state index in [2.05, 4.69) is 20.7 Å². The first-order valence-electron chi connectivity index (χ1n) is 9.53. The molecule has 1 aromatic carbocycles. The molecule has 3 rings (SSSR count). The summed E-state index contributed by atoms with van der Waals surface area (Å²) in [5.41, 5.74) is 2.18. The van der Waals surface area contributed by atoms with Crippen LogP contribution in [0.3, 0.4) is 0 Å². The maximum absolute atomic E-state index is 12.4. The van der Waals surface area contributed by atoms with Crippen LogP contribution in [0.5, 0.6) is 0 Å². The van der Waals surface area contributed by atoms with Crippen LogP contribution in [-0.2, 0) is 18.3 Å². The molecule has 2 N–H and O–H groups in total. The van der Waals surface area contributed by atoms with Crippen LogP contribution in [0.25, 0.3) is 0 Å². The molecule has 0 bridgehead atoms. The Morgan fingerprint density at radius 3 is 2.85 bits per heavy atom. The third-order valence-corrected chi connectivity index (χ3v) is 4.53. The van der Waals surface area contributed by atoms with Gasteiger partial charge in [-0.1, -0.05) is 18.2 Å². The molecule has 1 aliphatic heterocycles. The van der Waals surface area contributed by atoms with Crippen LogP contribution in [-0.4, -0.2) is 47.3 Å². The van der Waals surface area contributed by atoms with E-state index in [-0.39, 0.29) is 11.9 Å². The van der Waals surface area contributed by atoms with Gasteiger partial charge in [0.15, 0.2) is 5.96 Å². The minimum absolute atomic E-state index is 0.0637. The Labute approximate surface area is 160 Å². The Morgan fingerprint density at radius 1 is 1.33 bits per heavy atom. The van der Waals surface area contributed by atoms with Gasteiger partial charge in [-0.15, -0.1) is 0 Å². The lowest BCUT2D eigenvalue weighted by atomic mass is 10.2. The minimum Gasteiger partial charge on any atom is -0.357 e. The summed E-state index contributed by atoms with van der Waals surface area (Å²) in [7, 11) is 1.93. The standard InChI is InChI=1S/C20H28N6O/c1-3-21-20(22-11-7-8-16-13-23-25(2)14-16)24-17-12-19(27)26(15-17)18-9-5-4-6-10-18/h4-6,9-10,13-14,17H,3,7-8,11-12,15H2,1-2H3,(H2,21,22,24). The summed E-state index contributed by atoms with van der Waals surface area (Å²) in [5.74, 6) is 0.919. The number of amides is 1. The second-order valence-electron chi connectivity index (χ2n) is 6.77. The fourth-order valence-electron chi connectivity index (χ4n) is 3.25. The quantitative estimate of drug-likeness (QED) is 0.443. The lowest BCUT2D eigenvalue weighted by Crippen LogP contribution is -2.44. The van der Waals surface area contributed by atoms with E-state index in [0.717, 1.165) is 37.6 Å². The molecule has 1 atom stereocenters. The first kappa shape index (κ1) is 18.9. The Kier molecular flexibility index (Phi) is 6.46. The summed E-state index contributed by atoms with van der Waals surface area (Å²) in [6.45, 7) is 4.22. The molecule has 1 aliphatic rings. The van der Waals surface area contributed by atoms with E-state index in [9.17, 15) is 4.79 Å². The number of carbonyl (C=O) groups is 1. The normalized spacial score (nSPS) is 17.4. The smallest absolute Gasteiger partial charge is 0.229 e. The van der Waals surface area contributed by atoms with E-state index < -0.39 is 0 Å². The van der Waals surface area contributed by atoms with Crippen molar-refractivity contribution in [2.45, 2.75) is 32.2 Å².